The van der Waals surface area contributed by atoms with Crippen molar-refractivity contribution < 1.29 is 9.59 Å². The molecule has 2 heterocycles. The topological polar surface area (TPSA) is 70.2 Å². The fourth-order valence-corrected chi connectivity index (χ4v) is 1.44. The van der Waals surface area contributed by atoms with E-state index in [1.54, 1.807) is 0 Å². The van der Waals surface area contributed by atoms with Crippen LogP contribution in [0.2, 0.25) is 0 Å². The van der Waals surface area contributed by atoms with Crippen molar-refractivity contribution in [2.24, 2.45) is 0 Å². The van der Waals surface area contributed by atoms with Gasteiger partial charge in [0.15, 0.2) is 0 Å². The summed E-state index contributed by atoms with van der Waals surface area (Å²) in [4.78, 5) is 20.2. The van der Waals surface area contributed by atoms with Gasteiger partial charge in [0.25, 0.3) is 5.24 Å². The predicted molar refractivity (Wildman–Crippen MR) is 51.7 cm³/mol. The van der Waals surface area contributed by atoms with Gasteiger partial charge in [0.05, 0.1) is 5.75 Å². The number of thioether (sulfide) groups is 1. The summed E-state index contributed by atoms with van der Waals surface area (Å²) in [7, 11) is 0. The number of imide groups is 1. The molecule has 2 aliphatic heterocycles. The number of nitrogens with one attached hydrogen (secondary N) is 3. The van der Waals surface area contributed by atoms with Gasteiger partial charge in [-0.3, -0.25) is 14.9 Å². The Labute approximate surface area is 81.0 Å². The normalized spacial score (nSPS) is 21.8. The van der Waals surface area contributed by atoms with Crippen molar-refractivity contribution in [3.05, 3.63) is 0 Å². The van der Waals surface area contributed by atoms with Gasteiger partial charge in [-0.15, -0.1) is 0 Å². The Hall–Kier alpha value is -0.590. The lowest BCUT2D eigenvalue weighted by molar-refractivity contribution is -0.117. The lowest BCUT2D eigenvalue weighted by Crippen LogP contribution is -2.39. The van der Waals surface area contributed by atoms with Crippen molar-refractivity contribution in [3.8, 4) is 0 Å². The summed E-state index contributed by atoms with van der Waals surface area (Å²) in [6.07, 6.45) is 0. The fraction of sp³-hybridized carbons (Fsp3) is 0.714. The van der Waals surface area contributed by atoms with Gasteiger partial charge in [0.1, 0.15) is 0 Å². The van der Waals surface area contributed by atoms with E-state index < -0.39 is 0 Å². The van der Waals surface area contributed by atoms with Crippen LogP contribution in [0.25, 0.3) is 0 Å². The molecule has 13 heavy (non-hydrogen) atoms. The van der Waals surface area contributed by atoms with Crippen molar-refractivity contribution in [2.45, 2.75) is 0 Å². The maximum atomic E-state index is 10.1. The summed E-state index contributed by atoms with van der Waals surface area (Å²) >= 11 is 1.01. The van der Waals surface area contributed by atoms with Gasteiger partial charge in [-0.2, -0.15) is 0 Å². The molecule has 0 unspecified atom stereocenters. The molecule has 2 fully saturated rings. The molecule has 3 N–H and O–H groups in total. The van der Waals surface area contributed by atoms with Gasteiger partial charge in [-0.25, -0.2) is 0 Å². The van der Waals surface area contributed by atoms with Crippen LogP contribution >= 0.6 is 11.8 Å². The van der Waals surface area contributed by atoms with Gasteiger partial charge >= 0.3 is 0 Å². The average Bonchev–Trinajstić information content (AvgIpc) is 2.54. The highest BCUT2D eigenvalue weighted by Crippen LogP contribution is 2.06. The molecule has 2 rings (SSSR count). The first-order valence-corrected chi connectivity index (χ1v) is 5.15. The molecule has 2 amide bonds. The van der Waals surface area contributed by atoms with Crippen LogP contribution in [0.1, 0.15) is 0 Å². The largest absolute Gasteiger partial charge is 0.314 e. The molecule has 2 saturated heterocycles. The number of hydrogen-bond donors (Lipinski definition) is 3. The van der Waals surface area contributed by atoms with Crippen molar-refractivity contribution >= 4 is 22.9 Å². The van der Waals surface area contributed by atoms with Crippen LogP contribution in [0.3, 0.4) is 0 Å². The Morgan fingerprint density at radius 1 is 1.00 bits per heavy atom. The monoisotopic (exact) mass is 203 g/mol. The molecule has 0 spiro atoms. The molecule has 0 atom stereocenters. The second kappa shape index (κ2) is 5.95. The number of rotatable bonds is 0. The van der Waals surface area contributed by atoms with E-state index in [-0.39, 0.29) is 11.1 Å². The molecule has 0 aromatic carbocycles. The Morgan fingerprint density at radius 2 is 1.54 bits per heavy atom. The molecular formula is C7H13N3O2S. The zero-order chi connectivity index (χ0) is 9.52. The predicted octanol–water partition coefficient (Wildman–Crippen LogP) is -0.851. The second-order valence-electron chi connectivity index (χ2n) is 2.62. The van der Waals surface area contributed by atoms with E-state index in [0.29, 0.717) is 5.75 Å². The van der Waals surface area contributed by atoms with E-state index in [9.17, 15) is 9.59 Å². The van der Waals surface area contributed by atoms with E-state index in [4.69, 9.17) is 0 Å². The Morgan fingerprint density at radius 3 is 1.69 bits per heavy atom. The van der Waals surface area contributed by atoms with Crippen LogP contribution in [-0.4, -0.2) is 43.1 Å². The van der Waals surface area contributed by atoms with Crippen LogP contribution in [0.5, 0.6) is 0 Å². The maximum absolute atomic E-state index is 10.1. The highest BCUT2D eigenvalue weighted by molar-refractivity contribution is 8.14. The molecule has 6 heteroatoms. The first kappa shape index (κ1) is 10.5. The van der Waals surface area contributed by atoms with Crippen LogP contribution < -0.4 is 16.0 Å². The molecule has 0 aromatic heterocycles. The molecule has 0 bridgehead atoms. The molecule has 5 nitrogen and oxygen atoms in total. The van der Waals surface area contributed by atoms with E-state index in [1.165, 1.54) is 0 Å². The summed E-state index contributed by atoms with van der Waals surface area (Å²) in [6, 6.07) is 0. The van der Waals surface area contributed by atoms with E-state index in [2.05, 4.69) is 16.0 Å². The number of hydrogen-bond acceptors (Lipinski definition) is 5. The third-order valence-electron chi connectivity index (χ3n) is 1.53. The molecule has 0 radical (unpaired) electrons. The number of amides is 2. The molecule has 2 aliphatic rings. The van der Waals surface area contributed by atoms with Gasteiger partial charge in [0.2, 0.25) is 5.91 Å². The highest BCUT2D eigenvalue weighted by Gasteiger charge is 2.16. The molecule has 0 aromatic rings. The minimum absolute atomic E-state index is 0.185. The summed E-state index contributed by atoms with van der Waals surface area (Å²) in [5.74, 6) is 0.105. The van der Waals surface area contributed by atoms with Crippen LogP contribution in [-0.2, 0) is 4.79 Å². The number of carbonyl (C=O) groups excluding carboxylic acids is 2. The maximum Gasteiger partial charge on any atom is 0.286 e. The number of carbonyl (C=O) groups is 2. The van der Waals surface area contributed by atoms with Gasteiger partial charge < -0.3 is 10.6 Å². The third-order valence-corrected chi connectivity index (χ3v) is 2.30. The SMILES string of the molecule is C1CNCCN1.O=C1CSC(=O)N1. The van der Waals surface area contributed by atoms with Gasteiger partial charge in [-0.1, -0.05) is 11.8 Å². The minimum atomic E-state index is -0.231. The molecular weight excluding hydrogens is 190 g/mol. The second-order valence-corrected chi connectivity index (χ2v) is 3.57. The zero-order valence-corrected chi connectivity index (χ0v) is 8.08. The highest BCUT2D eigenvalue weighted by atomic mass is 32.2. The molecule has 0 aliphatic carbocycles. The Bertz CT molecular complexity index is 169. The van der Waals surface area contributed by atoms with Gasteiger partial charge in [-0.05, 0) is 0 Å². The Kier molecular flexibility index (Phi) is 4.81. The molecule has 0 saturated carbocycles. The van der Waals surface area contributed by atoms with Crippen molar-refractivity contribution in [1.82, 2.24) is 16.0 Å². The lowest BCUT2D eigenvalue weighted by Gasteiger charge is -2.11. The minimum Gasteiger partial charge on any atom is -0.314 e. The van der Waals surface area contributed by atoms with Crippen LogP contribution in [0, 0.1) is 0 Å². The lowest BCUT2D eigenvalue weighted by atomic mass is 10.4. The molecule has 74 valence electrons. The summed E-state index contributed by atoms with van der Waals surface area (Å²) in [6.45, 7) is 4.56. The third kappa shape index (κ3) is 4.87. The van der Waals surface area contributed by atoms with Crippen molar-refractivity contribution in [1.29, 1.82) is 0 Å². The average molecular weight is 203 g/mol. The van der Waals surface area contributed by atoms with Crippen molar-refractivity contribution in [3.63, 3.8) is 0 Å². The number of piperazine rings is 1. The van der Waals surface area contributed by atoms with E-state index in [0.717, 1.165) is 37.9 Å². The van der Waals surface area contributed by atoms with Crippen LogP contribution in [0.4, 0.5) is 4.79 Å². The first-order valence-electron chi connectivity index (χ1n) is 4.17. The zero-order valence-electron chi connectivity index (χ0n) is 7.26. The fourth-order valence-electron chi connectivity index (χ4n) is 0.921. The van der Waals surface area contributed by atoms with E-state index in [1.807, 2.05) is 0 Å². The smallest absolute Gasteiger partial charge is 0.286 e. The summed E-state index contributed by atoms with van der Waals surface area (Å²) in [5.41, 5.74) is 0. The summed E-state index contributed by atoms with van der Waals surface area (Å²) < 4.78 is 0. The van der Waals surface area contributed by atoms with E-state index >= 15 is 0 Å². The quantitative estimate of drug-likeness (QED) is 0.478. The van der Waals surface area contributed by atoms with Crippen LogP contribution in [0.15, 0.2) is 0 Å². The Balaban J connectivity index is 0.000000132. The van der Waals surface area contributed by atoms with Gasteiger partial charge in [0, 0.05) is 26.2 Å². The standard InChI is InChI=1S/C4H10N2.C3H3NO2S/c1-2-6-4-3-5-1;5-2-1-7-3(6)4-2/h5-6H,1-4H2;1H2,(H,4,5,6). The summed E-state index contributed by atoms with van der Waals surface area (Å²) in [5, 5.41) is 8.31. The first-order chi connectivity index (χ1) is 6.29. The van der Waals surface area contributed by atoms with Crippen molar-refractivity contribution in [2.75, 3.05) is 31.9 Å².